The van der Waals surface area contributed by atoms with E-state index in [4.69, 9.17) is 0 Å². The lowest BCUT2D eigenvalue weighted by Gasteiger charge is -2.38. The summed E-state index contributed by atoms with van der Waals surface area (Å²) in [4.78, 5) is 41.2. The van der Waals surface area contributed by atoms with Gasteiger partial charge in [0.05, 0.1) is 23.7 Å². The fraction of sp³-hybridized carbons (Fsp3) is 0.400. The van der Waals surface area contributed by atoms with Crippen molar-refractivity contribution < 1.29 is 23.5 Å². The number of halogens is 2. The van der Waals surface area contributed by atoms with E-state index in [0.717, 1.165) is 18.2 Å². The Kier molecular flexibility index (Phi) is 7.02. The van der Waals surface area contributed by atoms with Gasteiger partial charge in [-0.1, -0.05) is 19.1 Å². The second kappa shape index (κ2) is 9.99. The molecule has 186 valence electrons. The first-order chi connectivity index (χ1) is 16.8. The van der Waals surface area contributed by atoms with Gasteiger partial charge in [-0.05, 0) is 37.6 Å². The van der Waals surface area contributed by atoms with Crippen molar-refractivity contribution in [2.45, 2.75) is 38.9 Å². The number of amides is 3. The van der Waals surface area contributed by atoms with Gasteiger partial charge in [0.2, 0.25) is 5.91 Å². The molecule has 0 aliphatic carbocycles. The highest BCUT2D eigenvalue weighted by Gasteiger charge is 2.57. The van der Waals surface area contributed by atoms with Crippen molar-refractivity contribution in [2.24, 2.45) is 11.8 Å². The van der Waals surface area contributed by atoms with Crippen LogP contribution in [-0.2, 0) is 11.3 Å². The molecule has 0 saturated carbocycles. The van der Waals surface area contributed by atoms with Crippen molar-refractivity contribution in [3.8, 4) is 0 Å². The van der Waals surface area contributed by atoms with Crippen LogP contribution >= 0.6 is 0 Å². The lowest BCUT2D eigenvalue weighted by molar-refractivity contribution is -0.127. The number of aromatic nitrogens is 1. The van der Waals surface area contributed by atoms with Gasteiger partial charge in [-0.2, -0.15) is 0 Å². The van der Waals surface area contributed by atoms with Gasteiger partial charge >= 0.3 is 6.03 Å². The first-order valence-corrected chi connectivity index (χ1v) is 11.6. The third-order valence-electron chi connectivity index (χ3n) is 6.68. The van der Waals surface area contributed by atoms with Crippen LogP contribution in [0.25, 0.3) is 6.08 Å². The molecule has 0 spiro atoms. The summed E-state index contributed by atoms with van der Waals surface area (Å²) >= 11 is 0. The summed E-state index contributed by atoms with van der Waals surface area (Å²) in [6.45, 7) is 3.77. The Balaban J connectivity index is 1.80. The maximum atomic E-state index is 14.2. The molecule has 35 heavy (non-hydrogen) atoms. The zero-order valence-electron chi connectivity index (χ0n) is 19.5. The molecule has 3 N–H and O–H groups in total. The fourth-order valence-electron chi connectivity index (χ4n) is 5.15. The zero-order valence-corrected chi connectivity index (χ0v) is 19.5. The quantitative estimate of drug-likeness (QED) is 0.584. The highest BCUT2D eigenvalue weighted by molar-refractivity contribution is 5.92. The average Bonchev–Trinajstić information content (AvgIpc) is 3.08. The number of hydrogen-bond donors (Lipinski definition) is 3. The minimum atomic E-state index is -0.883. The number of rotatable bonds is 6. The molecule has 10 heteroatoms. The van der Waals surface area contributed by atoms with E-state index in [0.29, 0.717) is 24.2 Å². The van der Waals surface area contributed by atoms with Gasteiger partial charge in [0, 0.05) is 42.9 Å². The van der Waals surface area contributed by atoms with Gasteiger partial charge in [0.25, 0.3) is 5.56 Å². The van der Waals surface area contributed by atoms with E-state index in [-0.39, 0.29) is 23.7 Å². The number of urea groups is 1. The molecule has 2 aliphatic rings. The van der Waals surface area contributed by atoms with Crippen LogP contribution < -0.4 is 16.2 Å². The second-order valence-electron chi connectivity index (χ2n) is 8.77. The smallest absolute Gasteiger partial charge is 0.322 e. The van der Waals surface area contributed by atoms with Crippen LogP contribution in [0.4, 0.5) is 19.3 Å². The number of nitrogens with zero attached hydrogens (tertiary/aromatic N) is 2. The van der Waals surface area contributed by atoms with E-state index in [2.05, 4.69) is 10.6 Å². The van der Waals surface area contributed by atoms with Crippen molar-refractivity contribution in [1.82, 2.24) is 14.8 Å². The molecule has 3 amide bonds. The number of fused-ring (bicyclic) bond motifs is 4. The van der Waals surface area contributed by atoms with Gasteiger partial charge in [0.1, 0.15) is 11.6 Å². The number of aliphatic hydroxyl groups excluding tert-OH is 1. The minimum absolute atomic E-state index is 0.0535. The SMILES string of the molecule is C/C=C\c1ccc2n(c1=O)C[C@@H]1[C@@H](CO)[C@H](C(=O)NCCC)[C@H]2N1C(=O)Nc1cc(F)ccc1F. The van der Waals surface area contributed by atoms with Crippen molar-refractivity contribution in [1.29, 1.82) is 0 Å². The molecule has 1 saturated heterocycles. The first-order valence-electron chi connectivity index (χ1n) is 11.6. The van der Waals surface area contributed by atoms with Crippen molar-refractivity contribution in [3.05, 3.63) is 69.7 Å². The predicted molar refractivity (Wildman–Crippen MR) is 127 cm³/mol. The van der Waals surface area contributed by atoms with Crippen LogP contribution in [0.3, 0.4) is 0 Å². The standard InChI is InChI=1S/C25H28F2N4O4/c1-3-5-14-6-9-19-22-21(23(33)28-10-4-2)16(13-32)20(12-30(19)24(14)34)31(22)25(35)29-18-11-15(26)7-8-17(18)27/h3,5-9,11,16,20-22,32H,4,10,12-13H2,1-2H3,(H,28,33)(H,29,35)/b5-3-/t16-,20-,21+,22+/m1/s1. The summed E-state index contributed by atoms with van der Waals surface area (Å²) in [6, 6.07) is 3.70. The Morgan fingerprint density at radius 2 is 2.00 bits per heavy atom. The zero-order chi connectivity index (χ0) is 25.3. The molecule has 0 radical (unpaired) electrons. The molecule has 4 atom stereocenters. The molecule has 2 aliphatic heterocycles. The molecular weight excluding hydrogens is 458 g/mol. The van der Waals surface area contributed by atoms with E-state index in [1.807, 2.05) is 6.92 Å². The van der Waals surface area contributed by atoms with Gasteiger partial charge in [0.15, 0.2) is 0 Å². The third kappa shape index (κ3) is 4.34. The molecule has 1 aromatic carbocycles. The van der Waals surface area contributed by atoms with Crippen LogP contribution in [-0.4, -0.2) is 45.7 Å². The fourth-order valence-corrected chi connectivity index (χ4v) is 5.15. The number of allylic oxidation sites excluding steroid dienone is 1. The third-order valence-corrected chi connectivity index (χ3v) is 6.68. The highest BCUT2D eigenvalue weighted by Crippen LogP contribution is 2.48. The van der Waals surface area contributed by atoms with Gasteiger partial charge in [-0.3, -0.25) is 9.59 Å². The lowest BCUT2D eigenvalue weighted by Crippen LogP contribution is -2.50. The molecule has 1 aromatic heterocycles. The van der Waals surface area contributed by atoms with Crippen molar-refractivity contribution >= 4 is 23.7 Å². The second-order valence-corrected chi connectivity index (χ2v) is 8.77. The summed E-state index contributed by atoms with van der Waals surface area (Å²) in [6.07, 6.45) is 4.12. The van der Waals surface area contributed by atoms with Crippen LogP contribution in [0.5, 0.6) is 0 Å². The maximum Gasteiger partial charge on any atom is 0.322 e. The van der Waals surface area contributed by atoms with Gasteiger partial charge < -0.3 is 25.2 Å². The largest absolute Gasteiger partial charge is 0.396 e. The van der Waals surface area contributed by atoms with Crippen LogP contribution in [0.15, 0.2) is 41.2 Å². The maximum absolute atomic E-state index is 14.2. The number of benzene rings is 1. The predicted octanol–water partition coefficient (Wildman–Crippen LogP) is 2.88. The van der Waals surface area contributed by atoms with Crippen LogP contribution in [0, 0.1) is 23.5 Å². The van der Waals surface area contributed by atoms with E-state index < -0.39 is 48.2 Å². The summed E-state index contributed by atoms with van der Waals surface area (Å²) < 4.78 is 29.5. The van der Waals surface area contributed by atoms with Crippen molar-refractivity contribution in [3.63, 3.8) is 0 Å². The average molecular weight is 487 g/mol. The normalized spacial score (nSPS) is 22.8. The molecule has 0 unspecified atom stereocenters. The number of hydrogen-bond acceptors (Lipinski definition) is 4. The monoisotopic (exact) mass is 486 g/mol. The molecule has 3 heterocycles. The Morgan fingerprint density at radius 3 is 2.69 bits per heavy atom. The number of pyridine rings is 1. The molecule has 2 bridgehead atoms. The number of nitrogens with one attached hydrogen (secondary N) is 2. The number of carbonyl (C=O) groups is 2. The highest BCUT2D eigenvalue weighted by atomic mass is 19.1. The number of carbonyl (C=O) groups excluding carboxylic acids is 2. The molecule has 2 aromatic rings. The Morgan fingerprint density at radius 1 is 1.23 bits per heavy atom. The van der Waals surface area contributed by atoms with Crippen molar-refractivity contribution in [2.75, 3.05) is 18.5 Å². The van der Waals surface area contributed by atoms with Gasteiger partial charge in [-0.15, -0.1) is 0 Å². The number of aliphatic hydroxyl groups is 1. The molecule has 8 nitrogen and oxygen atoms in total. The first kappa shape index (κ1) is 24.6. The van der Waals surface area contributed by atoms with E-state index in [1.165, 1.54) is 9.47 Å². The summed E-state index contributed by atoms with van der Waals surface area (Å²) in [5.41, 5.74) is 0.302. The van der Waals surface area contributed by atoms with Crippen LogP contribution in [0.2, 0.25) is 0 Å². The molecule has 1 fully saturated rings. The summed E-state index contributed by atoms with van der Waals surface area (Å²) in [7, 11) is 0. The van der Waals surface area contributed by atoms with Gasteiger partial charge in [-0.25, -0.2) is 13.6 Å². The Labute approximate surface area is 201 Å². The van der Waals surface area contributed by atoms with Crippen LogP contribution in [0.1, 0.15) is 37.6 Å². The van der Waals surface area contributed by atoms with E-state index >= 15 is 0 Å². The lowest BCUT2D eigenvalue weighted by atomic mass is 9.86. The van der Waals surface area contributed by atoms with E-state index in [9.17, 15) is 28.3 Å². The summed E-state index contributed by atoms with van der Waals surface area (Å²) in [5.74, 6) is -3.37. The topological polar surface area (TPSA) is 104 Å². The molecule has 4 rings (SSSR count). The Bertz CT molecular complexity index is 1230. The number of anilines is 1. The minimum Gasteiger partial charge on any atom is -0.396 e. The Hall–Kier alpha value is -3.53. The summed E-state index contributed by atoms with van der Waals surface area (Å²) in [5, 5.41) is 15.5. The van der Waals surface area contributed by atoms with E-state index in [1.54, 1.807) is 31.2 Å². The molecular formula is C25H28F2N4O4.